The standard InChI is InChI=1S/C61H109N2O7P/c1-7-10-13-16-19-22-25-28-30-31-33-35-38-41-44-47-50-53-60(64)62-58(57-69-71(66,67)68-56-55-63(4,5)6)59(52-49-46-43-40-37-34-27-24-21-18-15-12-9-3)70-61(65)54-51-48-45-42-39-36-32-29-26-23-20-17-14-11-8-2/h10,13,16,19,22,25,28,30-31,33,35,38,49,52,58-59H,7-9,11-12,14-15,17-18,20-21,23-24,26-27,29,32,34,36-37,39-48,50-51,53-57H2,1-6H3,(H-,62,64,66,67)/b13-10-,19-16+,25-22+,30-28-,33-31+,38-35+,52-49+. The number of esters is 1. The zero-order valence-corrected chi connectivity index (χ0v) is 47.5. The van der Waals surface area contributed by atoms with Crippen molar-refractivity contribution in [2.75, 3.05) is 40.9 Å². The third-order valence-electron chi connectivity index (χ3n) is 12.5. The van der Waals surface area contributed by atoms with Gasteiger partial charge in [-0.25, -0.2) is 0 Å². The molecule has 0 fully saturated rings. The summed E-state index contributed by atoms with van der Waals surface area (Å²) in [4.78, 5) is 39.9. The Bertz CT molecular complexity index is 1490. The molecular weight excluding hydrogens is 904 g/mol. The van der Waals surface area contributed by atoms with E-state index < -0.39 is 26.6 Å². The fourth-order valence-electron chi connectivity index (χ4n) is 8.02. The highest BCUT2D eigenvalue weighted by molar-refractivity contribution is 7.45. The monoisotopic (exact) mass is 1010 g/mol. The molecule has 3 atom stereocenters. The van der Waals surface area contributed by atoms with Crippen LogP contribution in [0.15, 0.2) is 85.1 Å². The first kappa shape index (κ1) is 68.2. The first-order valence-electron chi connectivity index (χ1n) is 29.0. The zero-order chi connectivity index (χ0) is 52.2. The normalized spacial score (nSPS) is 14.4. The number of ether oxygens (including phenoxy) is 1. The van der Waals surface area contributed by atoms with Gasteiger partial charge in [-0.2, -0.15) is 0 Å². The molecule has 10 heteroatoms. The van der Waals surface area contributed by atoms with Gasteiger partial charge < -0.3 is 28.5 Å². The minimum atomic E-state index is -4.71. The molecule has 3 unspecified atom stereocenters. The molecule has 0 aromatic carbocycles. The summed E-state index contributed by atoms with van der Waals surface area (Å²) in [6.07, 6.45) is 65.4. The van der Waals surface area contributed by atoms with Gasteiger partial charge in [0, 0.05) is 12.8 Å². The molecule has 0 aromatic heterocycles. The molecule has 71 heavy (non-hydrogen) atoms. The molecule has 9 nitrogen and oxygen atoms in total. The molecule has 1 amide bonds. The van der Waals surface area contributed by atoms with Crippen LogP contribution in [0.3, 0.4) is 0 Å². The summed E-state index contributed by atoms with van der Waals surface area (Å²) in [6, 6.07) is -0.913. The van der Waals surface area contributed by atoms with Crippen LogP contribution in [0.2, 0.25) is 0 Å². The Hall–Kier alpha value is -2.81. The maximum Gasteiger partial charge on any atom is 0.306 e. The highest BCUT2D eigenvalue weighted by atomic mass is 31.2. The number of nitrogens with zero attached hydrogens (tertiary/aromatic N) is 1. The highest BCUT2D eigenvalue weighted by Gasteiger charge is 2.27. The van der Waals surface area contributed by atoms with Gasteiger partial charge in [-0.15, -0.1) is 0 Å². The minimum Gasteiger partial charge on any atom is -0.756 e. The van der Waals surface area contributed by atoms with Crippen molar-refractivity contribution < 1.29 is 37.3 Å². The van der Waals surface area contributed by atoms with E-state index in [1.807, 2.05) is 94.1 Å². The summed E-state index contributed by atoms with van der Waals surface area (Å²) in [5, 5.41) is 3.00. The van der Waals surface area contributed by atoms with Crippen molar-refractivity contribution >= 4 is 19.7 Å². The average molecular weight is 1010 g/mol. The van der Waals surface area contributed by atoms with Crippen molar-refractivity contribution in [2.24, 2.45) is 0 Å². The Labute approximate surface area is 437 Å². The molecule has 0 rings (SSSR count). The molecule has 0 saturated carbocycles. The highest BCUT2D eigenvalue weighted by Crippen LogP contribution is 2.38. The summed E-state index contributed by atoms with van der Waals surface area (Å²) in [5.74, 6) is -0.591. The van der Waals surface area contributed by atoms with E-state index in [1.54, 1.807) is 0 Å². The molecule has 0 bridgehead atoms. The lowest BCUT2D eigenvalue weighted by molar-refractivity contribution is -0.870. The van der Waals surface area contributed by atoms with Crippen LogP contribution in [-0.2, 0) is 27.9 Å². The van der Waals surface area contributed by atoms with Gasteiger partial charge in [-0.1, -0.05) is 260 Å². The largest absolute Gasteiger partial charge is 0.756 e. The van der Waals surface area contributed by atoms with E-state index in [1.165, 1.54) is 135 Å². The molecule has 410 valence electrons. The fraction of sp³-hybridized carbons (Fsp3) is 0.738. The Kier molecular flexibility index (Phi) is 48.7. The predicted molar refractivity (Wildman–Crippen MR) is 302 cm³/mol. The van der Waals surface area contributed by atoms with E-state index in [9.17, 15) is 19.0 Å². The van der Waals surface area contributed by atoms with Crippen molar-refractivity contribution in [3.63, 3.8) is 0 Å². The lowest BCUT2D eigenvalue weighted by Gasteiger charge is -2.30. The van der Waals surface area contributed by atoms with E-state index in [2.05, 4.69) is 38.2 Å². The van der Waals surface area contributed by atoms with Gasteiger partial charge in [-0.3, -0.25) is 14.2 Å². The minimum absolute atomic E-state index is 0.0341. The SMILES string of the molecule is CC\C=C/C=C/C=C/C=C\C=C\C=C\CCCCCC(=O)NC(COP(=O)([O-])OCC[N+](C)(C)C)C(/C=C/CCCCCCCCCCCCC)OC(=O)CCCCCCCCCCCCCCCCC. The second-order valence-electron chi connectivity index (χ2n) is 20.6. The summed E-state index contributed by atoms with van der Waals surface area (Å²) in [7, 11) is 1.15. The number of carbonyl (C=O) groups is 2. The molecule has 0 saturated heterocycles. The van der Waals surface area contributed by atoms with E-state index >= 15 is 0 Å². The van der Waals surface area contributed by atoms with Crippen molar-refractivity contribution in [2.45, 2.75) is 251 Å². The first-order chi connectivity index (χ1) is 34.4. The van der Waals surface area contributed by atoms with Gasteiger partial charge in [-0.05, 0) is 51.0 Å². The van der Waals surface area contributed by atoms with E-state index in [-0.39, 0.29) is 31.3 Å². The molecule has 0 aliphatic heterocycles. The second kappa shape index (κ2) is 50.7. The maximum atomic E-state index is 13.5. The number of hydrogen-bond acceptors (Lipinski definition) is 7. The van der Waals surface area contributed by atoms with E-state index in [0.29, 0.717) is 17.4 Å². The number of carbonyl (C=O) groups excluding carboxylic acids is 2. The molecular formula is C61H109N2O7P. The molecule has 0 spiro atoms. The number of likely N-dealkylation sites (N-methyl/N-ethyl adjacent to an activating group) is 1. The maximum absolute atomic E-state index is 13.5. The molecule has 0 aromatic rings. The number of hydrogen-bond donors (Lipinski definition) is 1. The van der Waals surface area contributed by atoms with Crippen molar-refractivity contribution in [1.82, 2.24) is 5.32 Å². The van der Waals surface area contributed by atoms with Gasteiger partial charge in [0.2, 0.25) is 5.91 Å². The number of rotatable bonds is 51. The van der Waals surface area contributed by atoms with Gasteiger partial charge in [0.25, 0.3) is 7.82 Å². The Balaban J connectivity index is 5.46. The molecule has 1 N–H and O–H groups in total. The van der Waals surface area contributed by atoms with Crippen molar-refractivity contribution in [1.29, 1.82) is 0 Å². The first-order valence-corrected chi connectivity index (χ1v) is 30.4. The number of amides is 1. The van der Waals surface area contributed by atoms with E-state index in [4.69, 9.17) is 13.8 Å². The summed E-state index contributed by atoms with van der Waals surface area (Å²) < 4.78 is 30.2. The van der Waals surface area contributed by atoms with Crippen LogP contribution in [-0.4, -0.2) is 69.4 Å². The number of phosphoric acid groups is 1. The Morgan fingerprint density at radius 3 is 1.37 bits per heavy atom. The summed E-state index contributed by atoms with van der Waals surface area (Å²) >= 11 is 0. The fourth-order valence-corrected chi connectivity index (χ4v) is 8.75. The number of allylic oxidation sites excluding steroid dienone is 13. The quantitative estimate of drug-likeness (QED) is 0.0161. The van der Waals surface area contributed by atoms with Crippen LogP contribution < -0.4 is 10.2 Å². The van der Waals surface area contributed by atoms with Crippen LogP contribution in [0.25, 0.3) is 0 Å². The van der Waals surface area contributed by atoms with Crippen LogP contribution in [0, 0.1) is 0 Å². The van der Waals surface area contributed by atoms with Gasteiger partial charge in [0.1, 0.15) is 19.3 Å². The average Bonchev–Trinajstić information content (AvgIpc) is 3.33. The van der Waals surface area contributed by atoms with Gasteiger partial charge in [0.15, 0.2) is 0 Å². The number of nitrogens with one attached hydrogen (secondary N) is 1. The van der Waals surface area contributed by atoms with Crippen LogP contribution >= 0.6 is 7.82 Å². The number of phosphoric ester groups is 1. The Morgan fingerprint density at radius 2 is 0.901 bits per heavy atom. The van der Waals surface area contributed by atoms with Gasteiger partial charge in [0.05, 0.1) is 33.8 Å². The third kappa shape index (κ3) is 51.9. The Morgan fingerprint density at radius 1 is 0.507 bits per heavy atom. The zero-order valence-electron chi connectivity index (χ0n) is 46.7. The van der Waals surface area contributed by atoms with Crippen molar-refractivity contribution in [3.8, 4) is 0 Å². The summed E-state index contributed by atoms with van der Waals surface area (Å²) in [6.45, 7) is 6.66. The molecule has 0 aliphatic rings. The second-order valence-corrected chi connectivity index (χ2v) is 22.0. The molecule has 0 radical (unpaired) electrons. The topological polar surface area (TPSA) is 114 Å². The summed E-state index contributed by atoms with van der Waals surface area (Å²) in [5.41, 5.74) is 0. The predicted octanol–water partition coefficient (Wildman–Crippen LogP) is 16.8. The van der Waals surface area contributed by atoms with Crippen LogP contribution in [0.1, 0.15) is 239 Å². The number of quaternary nitrogens is 1. The lowest BCUT2D eigenvalue weighted by Crippen LogP contribution is -2.47. The molecule has 0 heterocycles. The number of unbranched alkanes of at least 4 members (excludes halogenated alkanes) is 28. The smallest absolute Gasteiger partial charge is 0.306 e. The van der Waals surface area contributed by atoms with Crippen molar-refractivity contribution in [3.05, 3.63) is 85.1 Å². The van der Waals surface area contributed by atoms with Crippen LogP contribution in [0.4, 0.5) is 0 Å². The van der Waals surface area contributed by atoms with Gasteiger partial charge >= 0.3 is 5.97 Å². The van der Waals surface area contributed by atoms with E-state index in [0.717, 1.165) is 64.2 Å². The lowest BCUT2D eigenvalue weighted by atomic mass is 10.0. The molecule has 0 aliphatic carbocycles. The third-order valence-corrected chi connectivity index (χ3v) is 13.5. The van der Waals surface area contributed by atoms with Crippen LogP contribution in [0.5, 0.6) is 0 Å².